The van der Waals surface area contributed by atoms with Crippen LogP contribution in [-0.4, -0.2) is 29.1 Å². The molecule has 2 aromatic rings. The van der Waals surface area contributed by atoms with E-state index in [1.807, 2.05) is 38.1 Å². The van der Waals surface area contributed by atoms with E-state index in [0.717, 1.165) is 5.39 Å². The van der Waals surface area contributed by atoms with Crippen LogP contribution in [0.25, 0.3) is 10.9 Å². The van der Waals surface area contributed by atoms with E-state index in [1.54, 1.807) is 17.2 Å². The van der Waals surface area contributed by atoms with Gasteiger partial charge in [0.15, 0.2) is 5.75 Å². The minimum atomic E-state index is -0.335. The highest BCUT2D eigenvalue weighted by Crippen LogP contribution is 2.23. The van der Waals surface area contributed by atoms with E-state index in [1.165, 1.54) is 0 Å². The van der Waals surface area contributed by atoms with Crippen molar-refractivity contribution in [3.63, 3.8) is 0 Å². The lowest BCUT2D eigenvalue weighted by Gasteiger charge is -2.18. The van der Waals surface area contributed by atoms with E-state index >= 15 is 0 Å². The number of ether oxygens (including phenoxy) is 1. The maximum absolute atomic E-state index is 11.9. The Kier molecular flexibility index (Phi) is 3.77. The molecule has 0 N–H and O–H groups in total. The molecule has 4 heteroatoms. The number of rotatable bonds is 3. The fourth-order valence-corrected chi connectivity index (χ4v) is 1.80. The summed E-state index contributed by atoms with van der Waals surface area (Å²) in [5.74, 6) is 0.505. The van der Waals surface area contributed by atoms with E-state index in [9.17, 15) is 4.79 Å². The zero-order chi connectivity index (χ0) is 13.0. The summed E-state index contributed by atoms with van der Waals surface area (Å²) in [6, 6.07) is 9.36. The Bertz CT molecular complexity index is 545. The first-order chi connectivity index (χ1) is 8.76. The molecule has 0 saturated heterocycles. The van der Waals surface area contributed by atoms with Gasteiger partial charge in [-0.25, -0.2) is 4.79 Å². The third-order valence-electron chi connectivity index (χ3n) is 2.81. The lowest BCUT2D eigenvalue weighted by Crippen LogP contribution is -2.33. The van der Waals surface area contributed by atoms with Crippen molar-refractivity contribution in [2.45, 2.75) is 13.8 Å². The summed E-state index contributed by atoms with van der Waals surface area (Å²) in [5.41, 5.74) is 0.709. The Morgan fingerprint density at radius 3 is 2.67 bits per heavy atom. The molecule has 0 spiro atoms. The molecule has 0 aliphatic heterocycles. The molecular formula is C14H16N2O2. The maximum Gasteiger partial charge on any atom is 0.415 e. The quantitative estimate of drug-likeness (QED) is 0.833. The van der Waals surface area contributed by atoms with E-state index in [2.05, 4.69) is 4.98 Å². The molecule has 0 radical (unpaired) electrons. The van der Waals surface area contributed by atoms with Crippen molar-refractivity contribution in [1.82, 2.24) is 9.88 Å². The van der Waals surface area contributed by atoms with Gasteiger partial charge in [-0.15, -0.1) is 0 Å². The molecule has 0 aliphatic carbocycles. The Labute approximate surface area is 106 Å². The maximum atomic E-state index is 11.9. The monoisotopic (exact) mass is 244 g/mol. The second kappa shape index (κ2) is 5.49. The number of amides is 1. The van der Waals surface area contributed by atoms with Crippen molar-refractivity contribution in [3.05, 3.63) is 36.5 Å². The van der Waals surface area contributed by atoms with Gasteiger partial charge >= 0.3 is 6.09 Å². The number of carbonyl (C=O) groups excluding carboxylic acids is 1. The van der Waals surface area contributed by atoms with Gasteiger partial charge in [-0.2, -0.15) is 0 Å². The third-order valence-corrected chi connectivity index (χ3v) is 2.81. The van der Waals surface area contributed by atoms with Crippen molar-refractivity contribution < 1.29 is 9.53 Å². The second-order valence-corrected chi connectivity index (χ2v) is 3.87. The number of nitrogens with zero attached hydrogens (tertiary/aromatic N) is 2. The van der Waals surface area contributed by atoms with Crippen LogP contribution < -0.4 is 4.74 Å². The number of para-hydroxylation sites is 1. The molecule has 18 heavy (non-hydrogen) atoms. The Hall–Kier alpha value is -2.10. The van der Waals surface area contributed by atoms with Crippen LogP contribution in [0.5, 0.6) is 5.75 Å². The molecule has 1 amide bonds. The SMILES string of the molecule is CCN(CC)C(=O)Oc1cccc2cccnc12. The first kappa shape index (κ1) is 12.4. The van der Waals surface area contributed by atoms with Gasteiger partial charge in [-0.1, -0.05) is 18.2 Å². The molecule has 2 rings (SSSR count). The van der Waals surface area contributed by atoms with Crippen LogP contribution in [0.4, 0.5) is 4.79 Å². The standard InChI is InChI=1S/C14H16N2O2/c1-3-16(4-2)14(17)18-12-9-5-7-11-8-6-10-15-13(11)12/h5-10H,3-4H2,1-2H3. The van der Waals surface area contributed by atoms with Gasteiger partial charge in [-0.05, 0) is 26.0 Å². The number of fused-ring (bicyclic) bond motifs is 1. The van der Waals surface area contributed by atoms with Gasteiger partial charge in [0.05, 0.1) is 0 Å². The topological polar surface area (TPSA) is 42.4 Å². The van der Waals surface area contributed by atoms with E-state index < -0.39 is 0 Å². The summed E-state index contributed by atoms with van der Waals surface area (Å²) in [6.45, 7) is 5.11. The third kappa shape index (κ3) is 2.42. The Balaban J connectivity index is 2.29. The largest absolute Gasteiger partial charge is 0.415 e. The number of hydrogen-bond donors (Lipinski definition) is 0. The number of hydrogen-bond acceptors (Lipinski definition) is 3. The summed E-state index contributed by atoms with van der Waals surface area (Å²) < 4.78 is 5.40. The highest BCUT2D eigenvalue weighted by Gasteiger charge is 2.13. The zero-order valence-electron chi connectivity index (χ0n) is 10.6. The molecule has 0 atom stereocenters. The number of aromatic nitrogens is 1. The number of carbonyl (C=O) groups is 1. The smallest absolute Gasteiger partial charge is 0.408 e. The van der Waals surface area contributed by atoms with Crippen LogP contribution >= 0.6 is 0 Å². The van der Waals surface area contributed by atoms with Gasteiger partial charge in [0.2, 0.25) is 0 Å². The molecule has 0 unspecified atom stereocenters. The lowest BCUT2D eigenvalue weighted by atomic mass is 10.2. The summed E-state index contributed by atoms with van der Waals surface area (Å²) in [4.78, 5) is 17.8. The normalized spacial score (nSPS) is 10.3. The first-order valence-corrected chi connectivity index (χ1v) is 6.06. The molecule has 1 heterocycles. The average Bonchev–Trinajstić information content (AvgIpc) is 2.40. The van der Waals surface area contributed by atoms with Crippen LogP contribution in [0.2, 0.25) is 0 Å². The van der Waals surface area contributed by atoms with Crippen molar-refractivity contribution in [1.29, 1.82) is 0 Å². The lowest BCUT2D eigenvalue weighted by molar-refractivity contribution is 0.158. The number of benzene rings is 1. The first-order valence-electron chi connectivity index (χ1n) is 6.06. The summed E-state index contributed by atoms with van der Waals surface area (Å²) in [6.07, 6.45) is 1.36. The van der Waals surface area contributed by atoms with Gasteiger partial charge in [0.1, 0.15) is 5.52 Å². The highest BCUT2D eigenvalue weighted by molar-refractivity contribution is 5.86. The van der Waals surface area contributed by atoms with Crippen molar-refractivity contribution in [3.8, 4) is 5.75 Å². The minimum absolute atomic E-state index is 0.335. The molecule has 4 nitrogen and oxygen atoms in total. The Morgan fingerprint density at radius 1 is 1.22 bits per heavy atom. The van der Waals surface area contributed by atoms with E-state index in [0.29, 0.717) is 24.4 Å². The van der Waals surface area contributed by atoms with Crippen LogP contribution in [0.3, 0.4) is 0 Å². The summed E-state index contributed by atoms with van der Waals surface area (Å²) >= 11 is 0. The molecule has 1 aromatic heterocycles. The Morgan fingerprint density at radius 2 is 1.94 bits per heavy atom. The van der Waals surface area contributed by atoms with Gasteiger partial charge in [-0.3, -0.25) is 4.98 Å². The molecule has 0 saturated carbocycles. The molecular weight excluding hydrogens is 228 g/mol. The predicted octanol–water partition coefficient (Wildman–Crippen LogP) is 3.08. The van der Waals surface area contributed by atoms with Gasteiger partial charge < -0.3 is 9.64 Å². The fraction of sp³-hybridized carbons (Fsp3) is 0.286. The summed E-state index contributed by atoms with van der Waals surface area (Å²) in [7, 11) is 0. The molecule has 1 aromatic carbocycles. The van der Waals surface area contributed by atoms with E-state index in [-0.39, 0.29) is 6.09 Å². The van der Waals surface area contributed by atoms with Crippen molar-refractivity contribution in [2.75, 3.05) is 13.1 Å². The van der Waals surface area contributed by atoms with Crippen LogP contribution in [0, 0.1) is 0 Å². The molecule has 0 bridgehead atoms. The summed E-state index contributed by atoms with van der Waals surface area (Å²) in [5, 5.41) is 0.961. The predicted molar refractivity (Wildman–Crippen MR) is 70.7 cm³/mol. The van der Waals surface area contributed by atoms with Crippen molar-refractivity contribution in [2.24, 2.45) is 0 Å². The minimum Gasteiger partial charge on any atom is -0.408 e. The number of pyridine rings is 1. The highest BCUT2D eigenvalue weighted by atomic mass is 16.6. The second-order valence-electron chi connectivity index (χ2n) is 3.87. The zero-order valence-corrected chi connectivity index (χ0v) is 10.6. The van der Waals surface area contributed by atoms with Gasteiger partial charge in [0.25, 0.3) is 0 Å². The van der Waals surface area contributed by atoms with Crippen LogP contribution in [-0.2, 0) is 0 Å². The average molecular weight is 244 g/mol. The van der Waals surface area contributed by atoms with Crippen LogP contribution in [0.1, 0.15) is 13.8 Å². The van der Waals surface area contributed by atoms with E-state index in [4.69, 9.17) is 4.74 Å². The molecule has 0 fully saturated rings. The van der Waals surface area contributed by atoms with Gasteiger partial charge in [0, 0.05) is 24.7 Å². The molecule has 0 aliphatic rings. The molecule has 94 valence electrons. The van der Waals surface area contributed by atoms with Crippen LogP contribution in [0.15, 0.2) is 36.5 Å². The fourth-order valence-electron chi connectivity index (χ4n) is 1.80. The van der Waals surface area contributed by atoms with Crippen molar-refractivity contribution >= 4 is 17.0 Å².